The minimum Gasteiger partial charge on any atom is -0.256 e. The first-order chi connectivity index (χ1) is 8.93. The van der Waals surface area contributed by atoms with E-state index in [-0.39, 0.29) is 5.41 Å². The first kappa shape index (κ1) is 13.9. The van der Waals surface area contributed by atoms with Crippen LogP contribution in [-0.2, 0) is 6.42 Å². The SMILES string of the molecule is CCCc1nc2c(c(C(C)C)n1)N=CC(C)(C)C=C2. The van der Waals surface area contributed by atoms with Crippen LogP contribution in [0.3, 0.4) is 0 Å². The lowest BCUT2D eigenvalue weighted by molar-refractivity contribution is 0.699. The largest absolute Gasteiger partial charge is 0.256 e. The van der Waals surface area contributed by atoms with Gasteiger partial charge in [-0.15, -0.1) is 0 Å². The van der Waals surface area contributed by atoms with E-state index in [2.05, 4.69) is 56.7 Å². The summed E-state index contributed by atoms with van der Waals surface area (Å²) >= 11 is 0. The summed E-state index contributed by atoms with van der Waals surface area (Å²) in [5, 5.41) is 0. The minimum absolute atomic E-state index is 0.0279. The van der Waals surface area contributed by atoms with Gasteiger partial charge in [-0.2, -0.15) is 0 Å². The molecule has 0 aliphatic carbocycles. The lowest BCUT2D eigenvalue weighted by Crippen LogP contribution is -2.07. The molecule has 0 aromatic carbocycles. The van der Waals surface area contributed by atoms with Crippen molar-refractivity contribution in [2.45, 2.75) is 53.4 Å². The summed E-state index contributed by atoms with van der Waals surface area (Å²) in [5.41, 5.74) is 2.94. The van der Waals surface area contributed by atoms with E-state index in [9.17, 15) is 0 Å². The van der Waals surface area contributed by atoms with E-state index in [1.165, 1.54) is 0 Å². The molecule has 0 unspecified atom stereocenters. The zero-order valence-corrected chi connectivity index (χ0v) is 12.6. The first-order valence-corrected chi connectivity index (χ1v) is 7.08. The second-order valence-corrected chi connectivity index (χ2v) is 6.08. The van der Waals surface area contributed by atoms with Crippen LogP contribution in [0.15, 0.2) is 11.1 Å². The number of rotatable bonds is 3. The standard InChI is InChI=1S/C16H23N3/c1-6-7-13-18-12-8-9-16(4,5)10-17-15(12)14(19-13)11(2)3/h8-11H,6-7H2,1-5H3. The van der Waals surface area contributed by atoms with Crippen LogP contribution in [0.25, 0.3) is 6.08 Å². The van der Waals surface area contributed by atoms with E-state index in [1.54, 1.807) is 0 Å². The topological polar surface area (TPSA) is 38.1 Å². The molecule has 0 radical (unpaired) electrons. The predicted molar refractivity (Wildman–Crippen MR) is 81.1 cm³/mol. The number of fused-ring (bicyclic) bond motifs is 1. The molecule has 3 nitrogen and oxygen atoms in total. The minimum atomic E-state index is -0.0279. The smallest absolute Gasteiger partial charge is 0.129 e. The molecule has 0 atom stereocenters. The van der Waals surface area contributed by atoms with Gasteiger partial charge in [0.25, 0.3) is 0 Å². The summed E-state index contributed by atoms with van der Waals surface area (Å²) in [6, 6.07) is 0. The van der Waals surface area contributed by atoms with E-state index in [0.717, 1.165) is 35.7 Å². The van der Waals surface area contributed by atoms with Crippen molar-refractivity contribution in [3.63, 3.8) is 0 Å². The lowest BCUT2D eigenvalue weighted by atomic mass is 9.95. The fourth-order valence-electron chi connectivity index (χ4n) is 2.09. The van der Waals surface area contributed by atoms with Gasteiger partial charge in [-0.3, -0.25) is 4.99 Å². The maximum absolute atomic E-state index is 4.71. The highest BCUT2D eigenvalue weighted by molar-refractivity contribution is 5.79. The van der Waals surface area contributed by atoms with Crippen molar-refractivity contribution < 1.29 is 0 Å². The Balaban J connectivity index is 2.59. The van der Waals surface area contributed by atoms with Crippen LogP contribution in [-0.4, -0.2) is 16.2 Å². The van der Waals surface area contributed by atoms with Gasteiger partial charge in [-0.05, 0) is 18.4 Å². The van der Waals surface area contributed by atoms with Crippen LogP contribution >= 0.6 is 0 Å². The Morgan fingerprint density at radius 1 is 1.21 bits per heavy atom. The third-order valence-electron chi connectivity index (χ3n) is 3.20. The third kappa shape index (κ3) is 3.09. The van der Waals surface area contributed by atoms with Gasteiger partial charge < -0.3 is 0 Å². The van der Waals surface area contributed by atoms with Crippen molar-refractivity contribution in [3.05, 3.63) is 23.3 Å². The van der Waals surface area contributed by atoms with Crippen LogP contribution in [0.1, 0.15) is 64.2 Å². The van der Waals surface area contributed by atoms with Gasteiger partial charge in [0.05, 0.1) is 11.4 Å². The van der Waals surface area contributed by atoms with Crippen molar-refractivity contribution in [2.75, 3.05) is 0 Å². The number of hydrogen-bond acceptors (Lipinski definition) is 3. The average Bonchev–Trinajstić information content (AvgIpc) is 2.48. The molecule has 102 valence electrons. The van der Waals surface area contributed by atoms with Gasteiger partial charge in [-0.1, -0.05) is 40.7 Å². The summed E-state index contributed by atoms with van der Waals surface area (Å²) in [6.07, 6.45) is 8.23. The lowest BCUT2D eigenvalue weighted by Gasteiger charge is -2.12. The summed E-state index contributed by atoms with van der Waals surface area (Å²) in [7, 11) is 0. The van der Waals surface area contributed by atoms with Gasteiger partial charge in [-0.25, -0.2) is 9.97 Å². The molecule has 0 fully saturated rings. The number of aromatic nitrogens is 2. The molecule has 1 aromatic rings. The van der Waals surface area contributed by atoms with Gasteiger partial charge >= 0.3 is 0 Å². The summed E-state index contributed by atoms with van der Waals surface area (Å²) in [5.74, 6) is 1.30. The number of aryl methyl sites for hydroxylation is 1. The first-order valence-electron chi connectivity index (χ1n) is 7.08. The van der Waals surface area contributed by atoms with Crippen molar-refractivity contribution in [3.8, 4) is 0 Å². The van der Waals surface area contributed by atoms with Gasteiger partial charge in [0.1, 0.15) is 11.5 Å². The average molecular weight is 257 g/mol. The predicted octanol–water partition coefficient (Wildman–Crippen LogP) is 4.31. The molecule has 0 bridgehead atoms. The molecule has 0 spiro atoms. The third-order valence-corrected chi connectivity index (χ3v) is 3.20. The fraction of sp³-hybridized carbons (Fsp3) is 0.562. The Bertz CT molecular complexity index is 525. The highest BCUT2D eigenvalue weighted by Gasteiger charge is 2.19. The van der Waals surface area contributed by atoms with E-state index in [1.807, 2.05) is 6.21 Å². The summed E-state index contributed by atoms with van der Waals surface area (Å²) < 4.78 is 0. The zero-order valence-electron chi connectivity index (χ0n) is 12.6. The van der Waals surface area contributed by atoms with Gasteiger partial charge in [0, 0.05) is 18.1 Å². The highest BCUT2D eigenvalue weighted by atomic mass is 14.9. The van der Waals surface area contributed by atoms with Gasteiger partial charge in [0.15, 0.2) is 0 Å². The Hall–Kier alpha value is -1.51. The Kier molecular flexibility index (Phi) is 3.83. The molecule has 2 rings (SSSR count). The molecule has 1 aromatic heterocycles. The number of aliphatic imine (C=N–C) groups is 1. The van der Waals surface area contributed by atoms with Crippen molar-refractivity contribution in [1.29, 1.82) is 0 Å². The molecule has 1 aliphatic rings. The van der Waals surface area contributed by atoms with Crippen LogP contribution < -0.4 is 0 Å². The maximum atomic E-state index is 4.71. The van der Waals surface area contributed by atoms with Crippen molar-refractivity contribution in [1.82, 2.24) is 9.97 Å². The van der Waals surface area contributed by atoms with Gasteiger partial charge in [0.2, 0.25) is 0 Å². The molecule has 0 N–H and O–H groups in total. The fourth-order valence-corrected chi connectivity index (χ4v) is 2.09. The van der Waals surface area contributed by atoms with Crippen LogP contribution in [0.5, 0.6) is 0 Å². The van der Waals surface area contributed by atoms with Crippen LogP contribution in [0.4, 0.5) is 5.69 Å². The molecule has 2 heterocycles. The number of nitrogens with zero attached hydrogens (tertiary/aromatic N) is 3. The summed E-state index contributed by atoms with van der Waals surface area (Å²) in [6.45, 7) is 10.8. The number of allylic oxidation sites excluding steroid dienone is 1. The van der Waals surface area contributed by atoms with Crippen LogP contribution in [0.2, 0.25) is 0 Å². The molecule has 19 heavy (non-hydrogen) atoms. The van der Waals surface area contributed by atoms with E-state index < -0.39 is 0 Å². The van der Waals surface area contributed by atoms with E-state index >= 15 is 0 Å². The Labute approximate surface area is 115 Å². The highest BCUT2D eigenvalue weighted by Crippen LogP contribution is 2.33. The monoisotopic (exact) mass is 257 g/mol. The number of hydrogen-bond donors (Lipinski definition) is 0. The molecule has 0 amide bonds. The van der Waals surface area contributed by atoms with E-state index in [0.29, 0.717) is 5.92 Å². The van der Waals surface area contributed by atoms with Crippen LogP contribution in [0, 0.1) is 5.41 Å². The second kappa shape index (κ2) is 5.24. The molecular weight excluding hydrogens is 234 g/mol. The Morgan fingerprint density at radius 3 is 2.58 bits per heavy atom. The molecular formula is C16H23N3. The van der Waals surface area contributed by atoms with E-state index in [4.69, 9.17) is 4.98 Å². The zero-order chi connectivity index (χ0) is 14.0. The normalized spacial score (nSPS) is 16.5. The second-order valence-electron chi connectivity index (χ2n) is 6.08. The maximum Gasteiger partial charge on any atom is 0.129 e. The van der Waals surface area contributed by atoms with Crippen molar-refractivity contribution >= 4 is 18.0 Å². The quantitative estimate of drug-likeness (QED) is 0.809. The molecule has 0 saturated heterocycles. The summed E-state index contributed by atoms with van der Waals surface area (Å²) in [4.78, 5) is 14.0. The Morgan fingerprint density at radius 2 is 1.95 bits per heavy atom. The molecule has 0 saturated carbocycles. The molecule has 3 heteroatoms. The molecule has 1 aliphatic heterocycles. The van der Waals surface area contributed by atoms with Crippen molar-refractivity contribution in [2.24, 2.45) is 10.4 Å².